The van der Waals surface area contributed by atoms with Gasteiger partial charge in [0.25, 0.3) is 0 Å². The Bertz CT molecular complexity index is 477. The minimum absolute atomic E-state index is 0.225. The second kappa shape index (κ2) is 9.37. The molecular formula is C19H32N2O3. The normalized spacial score (nSPS) is 19.2. The molecule has 1 aliphatic rings. The molecule has 5 heteroatoms. The molecule has 0 amide bonds. The van der Waals surface area contributed by atoms with E-state index in [1.165, 1.54) is 11.1 Å². The number of benzene rings is 1. The number of aliphatic hydroxyl groups excluding tert-OH is 2. The molecule has 1 aliphatic heterocycles. The third-order valence-corrected chi connectivity index (χ3v) is 4.71. The van der Waals surface area contributed by atoms with E-state index in [-0.39, 0.29) is 12.6 Å². The van der Waals surface area contributed by atoms with Gasteiger partial charge in [0, 0.05) is 38.8 Å². The minimum Gasteiger partial charge on any atom is -0.491 e. The number of hydrogen-bond acceptors (Lipinski definition) is 5. The lowest BCUT2D eigenvalue weighted by Gasteiger charge is -2.39. The first-order chi connectivity index (χ1) is 11.5. The van der Waals surface area contributed by atoms with Gasteiger partial charge in [0.05, 0.1) is 6.61 Å². The van der Waals surface area contributed by atoms with Crippen LogP contribution in [0.5, 0.6) is 5.75 Å². The predicted molar refractivity (Wildman–Crippen MR) is 96.6 cm³/mol. The first-order valence-electron chi connectivity index (χ1n) is 8.98. The third kappa shape index (κ3) is 5.74. The number of nitrogens with zero attached hydrogens (tertiary/aromatic N) is 2. The Morgan fingerprint density at radius 3 is 2.25 bits per heavy atom. The Morgan fingerprint density at radius 1 is 1.08 bits per heavy atom. The molecule has 0 radical (unpaired) electrons. The summed E-state index contributed by atoms with van der Waals surface area (Å²) >= 11 is 0. The smallest absolute Gasteiger partial charge is 0.119 e. The van der Waals surface area contributed by atoms with Gasteiger partial charge in [-0.15, -0.1) is 0 Å². The van der Waals surface area contributed by atoms with Crippen LogP contribution in [-0.2, 0) is 0 Å². The highest BCUT2D eigenvalue weighted by atomic mass is 16.5. The molecule has 2 atom stereocenters. The van der Waals surface area contributed by atoms with Gasteiger partial charge in [0.2, 0.25) is 0 Å². The van der Waals surface area contributed by atoms with E-state index in [1.807, 2.05) is 26.0 Å². The molecule has 0 saturated carbocycles. The predicted octanol–water partition coefficient (Wildman–Crippen LogP) is 1.43. The van der Waals surface area contributed by atoms with Crippen LogP contribution < -0.4 is 4.74 Å². The van der Waals surface area contributed by atoms with Crippen molar-refractivity contribution < 1.29 is 14.9 Å². The summed E-state index contributed by atoms with van der Waals surface area (Å²) in [5.41, 5.74) is 2.34. The Balaban J connectivity index is 1.72. The summed E-state index contributed by atoms with van der Waals surface area (Å²) in [5, 5.41) is 19.6. The molecule has 5 nitrogen and oxygen atoms in total. The number of aliphatic hydroxyl groups is 2. The van der Waals surface area contributed by atoms with Crippen molar-refractivity contribution >= 4 is 0 Å². The molecule has 1 saturated heterocycles. The van der Waals surface area contributed by atoms with Crippen LogP contribution in [0, 0.1) is 13.8 Å². The molecule has 0 aliphatic carbocycles. The van der Waals surface area contributed by atoms with E-state index in [2.05, 4.69) is 22.8 Å². The molecule has 2 unspecified atom stereocenters. The standard InChI is InChI=1S/C19H32N2O3/c1-4-17(13-22)21-7-5-20(6-8-21)12-18(23)14-24-19-10-15(2)9-16(3)11-19/h9-11,17-18,22-23H,4-8,12-14H2,1-3H3. The summed E-state index contributed by atoms with van der Waals surface area (Å²) < 4.78 is 5.74. The van der Waals surface area contributed by atoms with Gasteiger partial charge in [-0.05, 0) is 43.5 Å². The van der Waals surface area contributed by atoms with Crippen LogP contribution in [0.2, 0.25) is 0 Å². The topological polar surface area (TPSA) is 56.2 Å². The molecule has 1 heterocycles. The van der Waals surface area contributed by atoms with E-state index >= 15 is 0 Å². The zero-order valence-electron chi connectivity index (χ0n) is 15.2. The number of aryl methyl sites for hydroxylation is 2. The van der Waals surface area contributed by atoms with Crippen molar-refractivity contribution in [1.29, 1.82) is 0 Å². The lowest BCUT2D eigenvalue weighted by atomic mass is 10.1. The summed E-state index contributed by atoms with van der Waals surface area (Å²) in [6.07, 6.45) is 0.486. The van der Waals surface area contributed by atoms with E-state index in [0.29, 0.717) is 13.2 Å². The first-order valence-corrected chi connectivity index (χ1v) is 8.98. The highest BCUT2D eigenvalue weighted by molar-refractivity contribution is 5.32. The molecule has 0 spiro atoms. The molecule has 1 aromatic rings. The monoisotopic (exact) mass is 336 g/mol. The summed E-state index contributed by atoms with van der Waals surface area (Å²) in [7, 11) is 0. The average molecular weight is 336 g/mol. The van der Waals surface area contributed by atoms with Crippen molar-refractivity contribution in [2.24, 2.45) is 0 Å². The Labute approximate surface area is 145 Å². The maximum absolute atomic E-state index is 10.2. The van der Waals surface area contributed by atoms with E-state index in [0.717, 1.165) is 38.3 Å². The van der Waals surface area contributed by atoms with E-state index in [4.69, 9.17) is 4.74 Å². The largest absolute Gasteiger partial charge is 0.491 e. The minimum atomic E-state index is -0.489. The molecule has 2 rings (SSSR count). The number of ether oxygens (including phenoxy) is 1. The highest BCUT2D eigenvalue weighted by Gasteiger charge is 2.23. The fraction of sp³-hybridized carbons (Fsp3) is 0.684. The first kappa shape index (κ1) is 19.2. The van der Waals surface area contributed by atoms with Crippen LogP contribution in [0.25, 0.3) is 0 Å². The molecule has 0 bridgehead atoms. The summed E-state index contributed by atoms with van der Waals surface area (Å²) in [4.78, 5) is 4.62. The molecular weight excluding hydrogens is 304 g/mol. The average Bonchev–Trinajstić information content (AvgIpc) is 2.55. The van der Waals surface area contributed by atoms with Crippen LogP contribution in [-0.4, -0.2) is 78.1 Å². The maximum atomic E-state index is 10.2. The van der Waals surface area contributed by atoms with Gasteiger partial charge in [0.1, 0.15) is 18.5 Å². The van der Waals surface area contributed by atoms with Gasteiger partial charge in [-0.25, -0.2) is 0 Å². The van der Waals surface area contributed by atoms with Crippen LogP contribution in [0.15, 0.2) is 18.2 Å². The van der Waals surface area contributed by atoms with Gasteiger partial charge in [-0.2, -0.15) is 0 Å². The fourth-order valence-corrected chi connectivity index (χ4v) is 3.37. The molecule has 1 fully saturated rings. The van der Waals surface area contributed by atoms with Gasteiger partial charge < -0.3 is 14.9 Å². The van der Waals surface area contributed by atoms with Gasteiger partial charge >= 0.3 is 0 Å². The summed E-state index contributed by atoms with van der Waals surface area (Å²) in [6, 6.07) is 6.37. The van der Waals surface area contributed by atoms with Crippen LogP contribution in [0.3, 0.4) is 0 Å². The number of hydrogen-bond donors (Lipinski definition) is 2. The maximum Gasteiger partial charge on any atom is 0.119 e. The van der Waals surface area contributed by atoms with Crippen molar-refractivity contribution in [2.45, 2.75) is 39.3 Å². The Hall–Kier alpha value is -1.14. The van der Waals surface area contributed by atoms with Gasteiger partial charge in [0.15, 0.2) is 0 Å². The second-order valence-corrected chi connectivity index (χ2v) is 6.87. The van der Waals surface area contributed by atoms with Crippen LogP contribution in [0.1, 0.15) is 24.5 Å². The molecule has 24 heavy (non-hydrogen) atoms. The fourth-order valence-electron chi connectivity index (χ4n) is 3.37. The van der Waals surface area contributed by atoms with E-state index < -0.39 is 6.10 Å². The summed E-state index contributed by atoms with van der Waals surface area (Å²) in [6.45, 7) is 11.1. The zero-order valence-corrected chi connectivity index (χ0v) is 15.2. The molecule has 2 N–H and O–H groups in total. The van der Waals surface area contributed by atoms with Crippen LogP contribution in [0.4, 0.5) is 0 Å². The Kier molecular flexibility index (Phi) is 7.49. The number of piperazine rings is 1. The SMILES string of the molecule is CCC(CO)N1CCN(CC(O)COc2cc(C)cc(C)c2)CC1. The number of rotatable bonds is 8. The van der Waals surface area contributed by atoms with Gasteiger partial charge in [-0.3, -0.25) is 9.80 Å². The highest BCUT2D eigenvalue weighted by Crippen LogP contribution is 2.16. The van der Waals surface area contributed by atoms with Crippen LogP contribution >= 0.6 is 0 Å². The lowest BCUT2D eigenvalue weighted by Crippen LogP contribution is -2.52. The third-order valence-electron chi connectivity index (χ3n) is 4.71. The Morgan fingerprint density at radius 2 is 1.71 bits per heavy atom. The summed E-state index contributed by atoms with van der Waals surface area (Å²) in [5.74, 6) is 0.824. The molecule has 1 aromatic carbocycles. The van der Waals surface area contributed by atoms with Crippen molar-refractivity contribution in [3.8, 4) is 5.75 Å². The van der Waals surface area contributed by atoms with Crippen molar-refractivity contribution in [1.82, 2.24) is 9.80 Å². The van der Waals surface area contributed by atoms with Gasteiger partial charge in [-0.1, -0.05) is 13.0 Å². The number of β-amino-alcohol motifs (C(OH)–C–C–N with tert-alkyl or cyclic N) is 1. The second-order valence-electron chi connectivity index (χ2n) is 6.87. The van der Waals surface area contributed by atoms with E-state index in [1.54, 1.807) is 0 Å². The van der Waals surface area contributed by atoms with Crippen molar-refractivity contribution in [3.63, 3.8) is 0 Å². The lowest BCUT2D eigenvalue weighted by molar-refractivity contribution is 0.0262. The van der Waals surface area contributed by atoms with Crippen molar-refractivity contribution in [3.05, 3.63) is 29.3 Å². The molecule has 136 valence electrons. The zero-order chi connectivity index (χ0) is 17.5. The quantitative estimate of drug-likeness (QED) is 0.752. The van der Waals surface area contributed by atoms with E-state index in [9.17, 15) is 10.2 Å². The molecule has 0 aromatic heterocycles. The van der Waals surface area contributed by atoms with Crippen molar-refractivity contribution in [2.75, 3.05) is 45.9 Å².